The molecule has 0 unspecified atom stereocenters. The minimum absolute atomic E-state index is 0. The van der Waals surface area contributed by atoms with Gasteiger partial charge >= 0.3 is 11.4 Å². The van der Waals surface area contributed by atoms with Crippen LogP contribution in [0.25, 0.3) is 9.95 Å². The summed E-state index contributed by atoms with van der Waals surface area (Å²) in [6.45, 7) is 0. The van der Waals surface area contributed by atoms with E-state index in [1.54, 1.807) is 0 Å². The van der Waals surface area contributed by atoms with Gasteiger partial charge in [-0.2, -0.15) is 0 Å². The molecule has 0 atom stereocenters. The van der Waals surface area contributed by atoms with Crippen LogP contribution in [0.1, 0.15) is 0 Å². The summed E-state index contributed by atoms with van der Waals surface area (Å²) >= 11 is 10.7. The van der Waals surface area contributed by atoms with E-state index < -0.39 is 23.3 Å². The summed E-state index contributed by atoms with van der Waals surface area (Å²) in [7, 11) is 0. The van der Waals surface area contributed by atoms with E-state index in [-0.39, 0.29) is 95.0 Å². The van der Waals surface area contributed by atoms with Gasteiger partial charge < -0.3 is 49.6 Å². The first-order valence-electron chi connectivity index (χ1n) is 5.29. The van der Waals surface area contributed by atoms with E-state index >= 15 is 0 Å². The summed E-state index contributed by atoms with van der Waals surface area (Å²) in [4.78, 5) is 5.27. The van der Waals surface area contributed by atoms with Crippen molar-refractivity contribution in [2.75, 3.05) is 0 Å². The molecule has 0 spiro atoms. The molecule has 4 nitrogen and oxygen atoms in total. The first-order valence-corrected chi connectivity index (χ1v) is 6.05. The van der Waals surface area contributed by atoms with Gasteiger partial charge in [-0.25, -0.2) is 17.6 Å². The van der Waals surface area contributed by atoms with Crippen LogP contribution in [0.4, 0.5) is 28.9 Å². The Kier molecular flexibility index (Phi) is 24.4. The normalized spacial score (nSPS) is 7.56. The Morgan fingerprint density at radius 3 is 1.04 bits per heavy atom. The van der Waals surface area contributed by atoms with Crippen molar-refractivity contribution >= 4 is 58.5 Å². The summed E-state index contributed by atoms with van der Waals surface area (Å²) in [5, 5.41) is 16.1. The van der Waals surface area contributed by atoms with E-state index in [0.29, 0.717) is 12.1 Å². The van der Waals surface area contributed by atoms with Crippen molar-refractivity contribution in [2.45, 2.75) is 0 Å². The van der Waals surface area contributed by atoms with Crippen molar-refractivity contribution in [3.63, 3.8) is 0 Å². The molecular formula is C12H4Cl6F4N4Sn-2. The van der Waals surface area contributed by atoms with E-state index in [1.807, 2.05) is 0 Å². The third-order valence-corrected chi connectivity index (χ3v) is 2.80. The fourth-order valence-corrected chi connectivity index (χ4v) is 1.55. The SMILES string of the molecule is N#[N+]c1cc(F)c(F)cc1Cl.N#[N+]c1cc(F)c(F)cc1Cl.[Cl-].[Cl-].[Cl-].[Cl-].[Sn]. The van der Waals surface area contributed by atoms with Gasteiger partial charge in [0.15, 0.2) is 33.2 Å². The average Bonchev–Trinajstić information content (AvgIpc) is 2.47. The summed E-state index contributed by atoms with van der Waals surface area (Å²) in [5.74, 6) is -4.32. The predicted molar refractivity (Wildman–Crippen MR) is 78.0 cm³/mol. The molecule has 0 heterocycles. The zero-order valence-electron chi connectivity index (χ0n) is 12.4. The Balaban J connectivity index is -0.000000101. The molecule has 4 radical (unpaired) electrons. The first kappa shape index (κ1) is 37.3. The molecule has 0 saturated carbocycles. The number of hydrogen-bond donors (Lipinski definition) is 0. The Morgan fingerprint density at radius 1 is 0.593 bits per heavy atom. The molecule has 15 heteroatoms. The molecule has 0 bridgehead atoms. The van der Waals surface area contributed by atoms with E-state index in [9.17, 15) is 17.6 Å². The maximum absolute atomic E-state index is 12.3. The minimum atomic E-state index is -1.10. The smallest absolute Gasteiger partial charge is 0.406 e. The van der Waals surface area contributed by atoms with Crippen LogP contribution in [0.3, 0.4) is 0 Å². The van der Waals surface area contributed by atoms with Gasteiger partial charge in [0.05, 0.1) is 12.1 Å². The predicted octanol–water partition coefficient (Wildman–Crippen LogP) is -6.16. The Labute approximate surface area is 202 Å². The quantitative estimate of drug-likeness (QED) is 0.129. The molecule has 2 aromatic carbocycles. The largest absolute Gasteiger partial charge is 1.00 e. The van der Waals surface area contributed by atoms with Gasteiger partial charge in [0.1, 0.15) is 10.0 Å². The van der Waals surface area contributed by atoms with E-state index in [0.717, 1.165) is 12.1 Å². The molecule has 27 heavy (non-hydrogen) atoms. The molecule has 148 valence electrons. The van der Waals surface area contributed by atoms with Gasteiger partial charge in [0.25, 0.3) is 0 Å². The minimum Gasteiger partial charge on any atom is -1.00 e. The Hall–Kier alpha value is -0.461. The van der Waals surface area contributed by atoms with Crippen molar-refractivity contribution in [3.8, 4) is 0 Å². The average molecular weight is 612 g/mol. The summed E-state index contributed by atoms with van der Waals surface area (Å²) in [6.07, 6.45) is 0. The summed E-state index contributed by atoms with van der Waals surface area (Å²) in [6, 6.07) is 2.90. The maximum Gasteiger partial charge on any atom is 0.406 e. The van der Waals surface area contributed by atoms with Gasteiger partial charge in [-0.1, -0.05) is 23.2 Å². The first-order chi connectivity index (χ1) is 10.3. The number of diazo groups is 2. The monoisotopic (exact) mass is 610 g/mol. The topological polar surface area (TPSA) is 56.3 Å². The Morgan fingerprint density at radius 2 is 0.815 bits per heavy atom. The number of hydrogen-bond acceptors (Lipinski definition) is 2. The third kappa shape index (κ3) is 11.2. The second-order valence-corrected chi connectivity index (χ2v) is 4.45. The van der Waals surface area contributed by atoms with Crippen molar-refractivity contribution < 1.29 is 67.2 Å². The van der Waals surface area contributed by atoms with Crippen LogP contribution in [0.15, 0.2) is 24.3 Å². The number of halogens is 10. The van der Waals surface area contributed by atoms with E-state index in [1.165, 1.54) is 0 Å². The molecule has 2 aromatic rings. The van der Waals surface area contributed by atoms with Gasteiger partial charge in [-0.05, 0) is 0 Å². The molecule has 0 aliphatic rings. The molecule has 0 N–H and O–H groups in total. The molecule has 0 fully saturated rings. The molecule has 2 rings (SSSR count). The van der Waals surface area contributed by atoms with Gasteiger partial charge in [-0.3, -0.25) is 0 Å². The second-order valence-electron chi connectivity index (χ2n) is 3.64. The molecule has 0 aliphatic heterocycles. The van der Waals surface area contributed by atoms with Crippen molar-refractivity contribution in [2.24, 2.45) is 0 Å². The molecular weight excluding hydrogens is 608 g/mol. The van der Waals surface area contributed by atoms with Gasteiger partial charge in [0, 0.05) is 36.0 Å². The van der Waals surface area contributed by atoms with Crippen LogP contribution in [-0.2, 0) is 0 Å². The van der Waals surface area contributed by atoms with Crippen molar-refractivity contribution in [1.82, 2.24) is 0 Å². The number of rotatable bonds is 0. The molecule has 0 amide bonds. The zero-order chi connectivity index (χ0) is 16.9. The third-order valence-electron chi connectivity index (χ3n) is 2.19. The van der Waals surface area contributed by atoms with Crippen LogP contribution in [-0.4, -0.2) is 23.9 Å². The van der Waals surface area contributed by atoms with Crippen LogP contribution in [0, 0.1) is 34.1 Å². The summed E-state index contributed by atoms with van der Waals surface area (Å²) < 4.78 is 49.3. The molecule has 0 aromatic heterocycles. The second kappa shape index (κ2) is 17.6. The summed E-state index contributed by atoms with van der Waals surface area (Å²) in [5.41, 5.74) is -0.379. The van der Waals surface area contributed by atoms with Crippen LogP contribution in [0.5, 0.6) is 0 Å². The van der Waals surface area contributed by atoms with Crippen LogP contribution < -0.4 is 49.6 Å². The number of nitrogens with zero attached hydrogens (tertiary/aromatic N) is 4. The van der Waals surface area contributed by atoms with Gasteiger partial charge in [-0.15, -0.1) is 0 Å². The maximum atomic E-state index is 12.3. The fraction of sp³-hybridized carbons (Fsp3) is 0. The van der Waals surface area contributed by atoms with E-state index in [2.05, 4.69) is 9.95 Å². The zero-order valence-corrected chi connectivity index (χ0v) is 19.8. The van der Waals surface area contributed by atoms with Crippen LogP contribution >= 0.6 is 23.2 Å². The van der Waals surface area contributed by atoms with Gasteiger partial charge in [0.2, 0.25) is 10.8 Å². The van der Waals surface area contributed by atoms with Crippen molar-refractivity contribution in [1.29, 1.82) is 10.8 Å². The fourth-order valence-electron chi connectivity index (χ4n) is 1.18. The Bertz CT molecular complexity index is 748. The van der Waals surface area contributed by atoms with E-state index in [4.69, 9.17) is 34.0 Å². The van der Waals surface area contributed by atoms with Crippen molar-refractivity contribution in [3.05, 3.63) is 67.5 Å². The number of benzene rings is 2. The molecule has 0 saturated heterocycles. The molecule has 0 aliphatic carbocycles. The standard InChI is InChI=1S/2C6H2ClF2N2.4ClH.Sn/c2*7-3-1-4(8)5(9)2-6(3)11-10;;;;;/h2*1-2H;4*1H;/q2*+1;;;;;/p-4. The van der Waals surface area contributed by atoms with Crippen LogP contribution in [0.2, 0.25) is 10.0 Å².